The highest BCUT2D eigenvalue weighted by molar-refractivity contribution is 5.92. The van der Waals surface area contributed by atoms with E-state index in [4.69, 9.17) is 4.74 Å². The lowest BCUT2D eigenvalue weighted by Crippen LogP contribution is -2.35. The molecule has 0 fully saturated rings. The van der Waals surface area contributed by atoms with Crippen LogP contribution in [0.5, 0.6) is 0 Å². The number of aryl methyl sites for hydroxylation is 1. The molecule has 1 aromatic carbocycles. The fraction of sp³-hybridized carbons (Fsp3) is 0.400. The molecule has 0 aliphatic rings. The Kier molecular flexibility index (Phi) is 6.39. The quantitative estimate of drug-likeness (QED) is 0.786. The zero-order valence-corrected chi connectivity index (χ0v) is 15.3. The van der Waals surface area contributed by atoms with E-state index in [1.54, 1.807) is 0 Å². The third kappa shape index (κ3) is 4.95. The van der Waals surface area contributed by atoms with Crippen molar-refractivity contribution in [1.29, 1.82) is 0 Å². The fourth-order valence-corrected chi connectivity index (χ4v) is 2.64. The Balaban J connectivity index is 2.03. The highest BCUT2D eigenvalue weighted by Crippen LogP contribution is 2.18. The first-order valence-corrected chi connectivity index (χ1v) is 8.59. The van der Waals surface area contributed by atoms with Gasteiger partial charge in [0.25, 0.3) is 5.91 Å². The minimum Gasteiger partial charge on any atom is -0.452 e. The number of hydrogen-bond donors (Lipinski definition) is 1. The molecular weight excluding hydrogens is 316 g/mol. The number of carbonyl (C=O) groups is 2. The Morgan fingerprint density at radius 2 is 1.88 bits per heavy atom. The number of carbonyl (C=O) groups excluding carboxylic acids is 2. The molecule has 1 N–H and O–H groups in total. The summed E-state index contributed by atoms with van der Waals surface area (Å²) in [4.78, 5) is 24.1. The Bertz CT molecular complexity index is 735. The summed E-state index contributed by atoms with van der Waals surface area (Å²) >= 11 is 0. The van der Waals surface area contributed by atoms with Crippen molar-refractivity contribution in [2.75, 3.05) is 6.61 Å². The average molecular weight is 342 g/mol. The van der Waals surface area contributed by atoms with Gasteiger partial charge in [-0.05, 0) is 38.8 Å². The topological polar surface area (TPSA) is 60.3 Å². The summed E-state index contributed by atoms with van der Waals surface area (Å²) in [6, 6.07) is 12.0. The summed E-state index contributed by atoms with van der Waals surface area (Å²) in [7, 11) is 0. The number of nitrogens with zero attached hydrogens (tertiary/aromatic N) is 1. The van der Waals surface area contributed by atoms with Gasteiger partial charge in [0.2, 0.25) is 0 Å². The molecule has 0 radical (unpaired) electrons. The van der Waals surface area contributed by atoms with Crippen LogP contribution in [0.25, 0.3) is 0 Å². The van der Waals surface area contributed by atoms with E-state index in [1.165, 1.54) is 0 Å². The molecule has 1 atom stereocenters. The lowest BCUT2D eigenvalue weighted by molar-refractivity contribution is -0.124. The van der Waals surface area contributed by atoms with Gasteiger partial charge in [0.15, 0.2) is 6.61 Å². The predicted molar refractivity (Wildman–Crippen MR) is 97.6 cm³/mol. The van der Waals surface area contributed by atoms with E-state index in [9.17, 15) is 9.59 Å². The molecule has 0 spiro atoms. The zero-order valence-electron chi connectivity index (χ0n) is 15.3. The Morgan fingerprint density at radius 3 is 2.52 bits per heavy atom. The van der Waals surface area contributed by atoms with Gasteiger partial charge in [-0.25, -0.2) is 4.79 Å². The van der Waals surface area contributed by atoms with Crippen LogP contribution < -0.4 is 5.32 Å². The molecule has 0 saturated carbocycles. The Hall–Kier alpha value is -2.56. The van der Waals surface area contributed by atoms with Crippen molar-refractivity contribution in [3.05, 3.63) is 58.9 Å². The minimum absolute atomic E-state index is 0.0714. The summed E-state index contributed by atoms with van der Waals surface area (Å²) in [5.41, 5.74) is 3.49. The molecule has 5 nitrogen and oxygen atoms in total. The van der Waals surface area contributed by atoms with Crippen LogP contribution in [-0.2, 0) is 16.1 Å². The number of nitrogens with one attached hydrogen (secondary N) is 1. The van der Waals surface area contributed by atoms with Gasteiger partial charge in [0.1, 0.15) is 0 Å². The number of benzene rings is 1. The van der Waals surface area contributed by atoms with E-state index >= 15 is 0 Å². The number of rotatable bonds is 7. The predicted octanol–water partition coefficient (Wildman–Crippen LogP) is 3.22. The van der Waals surface area contributed by atoms with Crippen LogP contribution in [0.4, 0.5) is 0 Å². The molecule has 134 valence electrons. The van der Waals surface area contributed by atoms with E-state index in [1.807, 2.05) is 52.0 Å². The van der Waals surface area contributed by atoms with Crippen LogP contribution in [0, 0.1) is 13.8 Å². The van der Waals surface area contributed by atoms with Crippen LogP contribution in [0.2, 0.25) is 0 Å². The van der Waals surface area contributed by atoms with E-state index in [-0.39, 0.29) is 18.6 Å². The third-order valence-electron chi connectivity index (χ3n) is 4.33. The summed E-state index contributed by atoms with van der Waals surface area (Å²) in [5, 5.41) is 2.78. The monoisotopic (exact) mass is 342 g/mol. The van der Waals surface area contributed by atoms with E-state index < -0.39 is 5.97 Å². The van der Waals surface area contributed by atoms with Crippen molar-refractivity contribution in [3.8, 4) is 0 Å². The maximum absolute atomic E-state index is 12.3. The van der Waals surface area contributed by atoms with E-state index in [0.29, 0.717) is 12.1 Å². The van der Waals surface area contributed by atoms with Crippen molar-refractivity contribution in [2.24, 2.45) is 0 Å². The minimum atomic E-state index is -0.466. The maximum atomic E-state index is 12.3. The van der Waals surface area contributed by atoms with Crippen molar-refractivity contribution in [3.63, 3.8) is 0 Å². The molecule has 0 bridgehead atoms. The summed E-state index contributed by atoms with van der Waals surface area (Å²) in [5.74, 6) is -0.743. The molecule has 0 saturated heterocycles. The van der Waals surface area contributed by atoms with Crippen LogP contribution in [0.1, 0.15) is 47.6 Å². The third-order valence-corrected chi connectivity index (χ3v) is 4.33. The molecule has 1 amide bonds. The van der Waals surface area contributed by atoms with Crippen molar-refractivity contribution in [1.82, 2.24) is 9.88 Å². The zero-order chi connectivity index (χ0) is 18.4. The molecule has 25 heavy (non-hydrogen) atoms. The van der Waals surface area contributed by atoms with Gasteiger partial charge in [-0.2, -0.15) is 0 Å². The molecule has 2 rings (SSSR count). The molecule has 1 aromatic heterocycles. The van der Waals surface area contributed by atoms with Crippen LogP contribution >= 0.6 is 0 Å². The first-order valence-electron chi connectivity index (χ1n) is 8.59. The highest BCUT2D eigenvalue weighted by Gasteiger charge is 2.18. The molecule has 0 aliphatic carbocycles. The van der Waals surface area contributed by atoms with E-state index in [0.717, 1.165) is 23.4 Å². The van der Waals surface area contributed by atoms with Crippen LogP contribution in [-0.4, -0.2) is 29.1 Å². The molecule has 0 aliphatic heterocycles. The number of hydrogen-bond acceptors (Lipinski definition) is 3. The molecule has 1 heterocycles. The molecule has 5 heteroatoms. The van der Waals surface area contributed by atoms with Crippen molar-refractivity contribution >= 4 is 11.9 Å². The Labute approximate surface area is 149 Å². The normalized spacial score (nSPS) is 11.8. The Morgan fingerprint density at radius 1 is 1.20 bits per heavy atom. The second-order valence-corrected chi connectivity index (χ2v) is 6.31. The fourth-order valence-electron chi connectivity index (χ4n) is 2.64. The summed E-state index contributed by atoms with van der Waals surface area (Å²) in [6.07, 6.45) is 0.834. The maximum Gasteiger partial charge on any atom is 0.340 e. The number of amides is 1. The molecule has 2 aromatic rings. The average Bonchev–Trinajstić information content (AvgIpc) is 2.88. The smallest absolute Gasteiger partial charge is 0.340 e. The lowest BCUT2D eigenvalue weighted by Gasteiger charge is -2.12. The first kappa shape index (κ1) is 18.8. The van der Waals surface area contributed by atoms with Gasteiger partial charge in [-0.3, -0.25) is 4.79 Å². The standard InChI is InChI=1S/C20H26N2O3/c1-5-14(2)21-19(23)13-25-20(24)18-11-15(3)22(16(18)4)12-17-9-7-6-8-10-17/h6-11,14H,5,12-13H2,1-4H3,(H,21,23)/t14-/m1/s1. The lowest BCUT2D eigenvalue weighted by atomic mass is 10.2. The molecular formula is C20H26N2O3. The van der Waals surface area contributed by atoms with Gasteiger partial charge in [-0.15, -0.1) is 0 Å². The largest absolute Gasteiger partial charge is 0.452 e. The van der Waals surface area contributed by atoms with Gasteiger partial charge in [0.05, 0.1) is 5.56 Å². The molecule has 0 unspecified atom stereocenters. The number of aromatic nitrogens is 1. The highest BCUT2D eigenvalue weighted by atomic mass is 16.5. The van der Waals surface area contributed by atoms with Crippen LogP contribution in [0.15, 0.2) is 36.4 Å². The van der Waals surface area contributed by atoms with Crippen molar-refractivity contribution < 1.29 is 14.3 Å². The number of esters is 1. The SMILES string of the molecule is CC[C@@H](C)NC(=O)COC(=O)c1cc(C)n(Cc2ccccc2)c1C. The van der Waals surface area contributed by atoms with Gasteiger partial charge >= 0.3 is 5.97 Å². The number of ether oxygens (including phenoxy) is 1. The second kappa shape index (κ2) is 8.51. The van der Waals surface area contributed by atoms with Gasteiger partial charge in [-0.1, -0.05) is 37.3 Å². The van der Waals surface area contributed by atoms with Gasteiger partial charge in [0, 0.05) is 24.0 Å². The second-order valence-electron chi connectivity index (χ2n) is 6.31. The summed E-state index contributed by atoms with van der Waals surface area (Å²) in [6.45, 7) is 8.19. The van der Waals surface area contributed by atoms with E-state index in [2.05, 4.69) is 22.0 Å². The van der Waals surface area contributed by atoms with Gasteiger partial charge < -0.3 is 14.6 Å². The summed E-state index contributed by atoms with van der Waals surface area (Å²) < 4.78 is 7.24. The van der Waals surface area contributed by atoms with Crippen molar-refractivity contribution in [2.45, 2.75) is 46.7 Å². The first-order chi connectivity index (χ1) is 11.9. The van der Waals surface area contributed by atoms with Crippen LogP contribution in [0.3, 0.4) is 0 Å².